The van der Waals surface area contributed by atoms with E-state index in [2.05, 4.69) is 5.32 Å². The van der Waals surface area contributed by atoms with E-state index in [1.165, 1.54) is 13.2 Å². The molecule has 0 aliphatic heterocycles. The molecule has 0 aromatic heterocycles. The van der Waals surface area contributed by atoms with Crippen LogP contribution in [0.25, 0.3) is 6.08 Å². The molecule has 0 aliphatic carbocycles. The smallest absolute Gasteiger partial charge is 0.328 e. The minimum Gasteiger partial charge on any atom is -0.495 e. The Kier molecular flexibility index (Phi) is 7.25. The molecule has 0 saturated heterocycles. The van der Waals surface area contributed by atoms with E-state index in [9.17, 15) is 9.59 Å². The Balaban J connectivity index is 2.05. The quantitative estimate of drug-likeness (QED) is 0.658. The molecule has 0 bridgehead atoms. The number of para-hydroxylation sites is 2. The van der Waals surface area contributed by atoms with Crippen LogP contribution in [0.1, 0.15) is 12.5 Å². The van der Waals surface area contributed by atoms with Crippen LogP contribution in [0.4, 0.5) is 5.69 Å². The minimum absolute atomic E-state index is 0.220. The average Bonchev–Trinajstić information content (AvgIpc) is 2.66. The zero-order valence-corrected chi connectivity index (χ0v) is 15.1. The van der Waals surface area contributed by atoms with Gasteiger partial charge in [0.25, 0.3) is 5.91 Å². The van der Waals surface area contributed by atoms with Crippen LogP contribution in [0.3, 0.4) is 0 Å². The average molecular weight is 371 g/mol. The molecule has 0 atom stereocenters. The largest absolute Gasteiger partial charge is 0.495 e. The minimum atomic E-state index is -1.04. The van der Waals surface area contributed by atoms with Crippen molar-refractivity contribution in [1.29, 1.82) is 0 Å². The Morgan fingerprint density at radius 1 is 1.07 bits per heavy atom. The van der Waals surface area contributed by atoms with Gasteiger partial charge in [-0.2, -0.15) is 0 Å². The number of carboxylic acids is 1. The maximum Gasteiger partial charge on any atom is 0.328 e. The molecule has 7 nitrogen and oxygen atoms in total. The van der Waals surface area contributed by atoms with E-state index < -0.39 is 5.97 Å². The van der Waals surface area contributed by atoms with E-state index >= 15 is 0 Å². The van der Waals surface area contributed by atoms with E-state index in [0.29, 0.717) is 35.1 Å². The van der Waals surface area contributed by atoms with Gasteiger partial charge in [0, 0.05) is 6.08 Å². The number of aliphatic carboxylic acids is 1. The van der Waals surface area contributed by atoms with Gasteiger partial charge in [0.15, 0.2) is 18.1 Å². The third kappa shape index (κ3) is 6.07. The van der Waals surface area contributed by atoms with Crippen molar-refractivity contribution in [2.45, 2.75) is 6.92 Å². The second-order valence-electron chi connectivity index (χ2n) is 5.35. The number of rotatable bonds is 9. The predicted molar refractivity (Wildman–Crippen MR) is 101 cm³/mol. The van der Waals surface area contributed by atoms with Gasteiger partial charge in [-0.25, -0.2) is 4.79 Å². The van der Waals surface area contributed by atoms with Gasteiger partial charge in [0.2, 0.25) is 0 Å². The molecular formula is C20H21NO6. The van der Waals surface area contributed by atoms with Crippen LogP contribution in [0.5, 0.6) is 17.2 Å². The van der Waals surface area contributed by atoms with E-state index in [1.807, 2.05) is 6.92 Å². The molecule has 0 heterocycles. The molecule has 142 valence electrons. The van der Waals surface area contributed by atoms with Gasteiger partial charge in [0.1, 0.15) is 5.75 Å². The number of nitrogens with one attached hydrogen (secondary N) is 1. The monoisotopic (exact) mass is 371 g/mol. The van der Waals surface area contributed by atoms with E-state index in [0.717, 1.165) is 6.08 Å². The lowest BCUT2D eigenvalue weighted by molar-refractivity contribution is -0.131. The number of amides is 1. The van der Waals surface area contributed by atoms with Gasteiger partial charge in [0.05, 0.1) is 19.4 Å². The fourth-order valence-corrected chi connectivity index (χ4v) is 2.26. The Morgan fingerprint density at radius 3 is 2.56 bits per heavy atom. The number of carbonyl (C=O) groups is 2. The third-order valence-corrected chi connectivity index (χ3v) is 3.43. The highest BCUT2D eigenvalue weighted by Gasteiger charge is 2.11. The standard InChI is InChI=1S/C20H21NO6/c1-3-26-18-12-14(9-11-20(23)24)8-10-17(18)27-13-19(22)21-15-6-4-5-7-16(15)25-2/h4-12H,3,13H2,1-2H3,(H,21,22)(H,23,24)/b11-9+. The second kappa shape index (κ2) is 9.86. The Labute approximate surface area is 157 Å². The SMILES string of the molecule is CCOc1cc(/C=C/C(=O)O)ccc1OCC(=O)Nc1ccccc1OC. The lowest BCUT2D eigenvalue weighted by atomic mass is 10.2. The maximum absolute atomic E-state index is 12.2. The molecule has 27 heavy (non-hydrogen) atoms. The first-order valence-corrected chi connectivity index (χ1v) is 8.27. The zero-order chi connectivity index (χ0) is 19.6. The van der Waals surface area contributed by atoms with Crippen LogP contribution in [0.15, 0.2) is 48.5 Å². The first-order chi connectivity index (χ1) is 13.0. The molecule has 2 aromatic carbocycles. The number of carboxylic acid groups (broad SMARTS) is 1. The van der Waals surface area contributed by atoms with Crippen LogP contribution >= 0.6 is 0 Å². The first kappa shape index (κ1) is 19.8. The van der Waals surface area contributed by atoms with Crippen molar-refractivity contribution in [2.24, 2.45) is 0 Å². The van der Waals surface area contributed by atoms with Gasteiger partial charge in [-0.3, -0.25) is 4.79 Å². The highest BCUT2D eigenvalue weighted by molar-refractivity contribution is 5.93. The molecule has 7 heteroatoms. The van der Waals surface area contributed by atoms with Gasteiger partial charge < -0.3 is 24.6 Å². The van der Waals surface area contributed by atoms with Crippen molar-refractivity contribution >= 4 is 23.6 Å². The van der Waals surface area contributed by atoms with Gasteiger partial charge in [-0.1, -0.05) is 18.2 Å². The molecule has 2 rings (SSSR count). The number of carbonyl (C=O) groups excluding carboxylic acids is 1. The summed E-state index contributed by atoms with van der Waals surface area (Å²) in [5.41, 5.74) is 1.19. The molecule has 0 spiro atoms. The van der Waals surface area contributed by atoms with Crippen molar-refractivity contribution in [3.05, 3.63) is 54.1 Å². The number of anilines is 1. The summed E-state index contributed by atoms with van der Waals surface area (Å²) in [6, 6.07) is 12.0. The molecule has 1 amide bonds. The highest BCUT2D eigenvalue weighted by atomic mass is 16.5. The number of hydrogen-bond donors (Lipinski definition) is 2. The molecular weight excluding hydrogens is 350 g/mol. The lowest BCUT2D eigenvalue weighted by Crippen LogP contribution is -2.20. The van der Waals surface area contributed by atoms with Crippen molar-refractivity contribution in [3.63, 3.8) is 0 Å². The van der Waals surface area contributed by atoms with Crippen LogP contribution in [-0.4, -0.2) is 37.3 Å². The summed E-state index contributed by atoms with van der Waals surface area (Å²) < 4.78 is 16.3. The van der Waals surface area contributed by atoms with E-state index in [-0.39, 0.29) is 12.5 Å². The van der Waals surface area contributed by atoms with E-state index in [4.69, 9.17) is 19.3 Å². The Bertz CT molecular complexity index is 831. The van der Waals surface area contributed by atoms with Crippen LogP contribution < -0.4 is 19.5 Å². The fourth-order valence-electron chi connectivity index (χ4n) is 2.26. The molecule has 0 fully saturated rings. The van der Waals surface area contributed by atoms with Crippen LogP contribution in [0.2, 0.25) is 0 Å². The third-order valence-electron chi connectivity index (χ3n) is 3.43. The van der Waals surface area contributed by atoms with Crippen molar-refractivity contribution in [1.82, 2.24) is 0 Å². The number of ether oxygens (including phenoxy) is 3. The fraction of sp³-hybridized carbons (Fsp3) is 0.200. The van der Waals surface area contributed by atoms with Crippen molar-refractivity contribution < 1.29 is 28.9 Å². The summed E-state index contributed by atoms with van der Waals surface area (Å²) in [4.78, 5) is 22.8. The first-order valence-electron chi connectivity index (χ1n) is 8.27. The van der Waals surface area contributed by atoms with Gasteiger partial charge in [-0.15, -0.1) is 0 Å². The molecule has 2 N–H and O–H groups in total. The Hall–Kier alpha value is -3.48. The van der Waals surface area contributed by atoms with Crippen molar-refractivity contribution in [3.8, 4) is 17.2 Å². The number of methoxy groups -OCH3 is 1. The molecule has 0 saturated carbocycles. The van der Waals surface area contributed by atoms with Crippen molar-refractivity contribution in [2.75, 3.05) is 25.6 Å². The van der Waals surface area contributed by atoms with Crippen LogP contribution in [-0.2, 0) is 9.59 Å². The molecule has 0 radical (unpaired) electrons. The molecule has 2 aromatic rings. The van der Waals surface area contributed by atoms with E-state index in [1.54, 1.807) is 42.5 Å². The summed E-state index contributed by atoms with van der Waals surface area (Å²) in [6.07, 6.45) is 2.48. The maximum atomic E-state index is 12.2. The number of hydrogen-bond acceptors (Lipinski definition) is 5. The Morgan fingerprint density at radius 2 is 1.85 bits per heavy atom. The summed E-state index contributed by atoms with van der Waals surface area (Å²) >= 11 is 0. The van der Waals surface area contributed by atoms with Gasteiger partial charge >= 0.3 is 5.97 Å². The summed E-state index contributed by atoms with van der Waals surface area (Å²) in [7, 11) is 1.52. The summed E-state index contributed by atoms with van der Waals surface area (Å²) in [5, 5.41) is 11.4. The summed E-state index contributed by atoms with van der Waals surface area (Å²) in [5.74, 6) is -0.0249. The van der Waals surface area contributed by atoms with Crippen LogP contribution in [0, 0.1) is 0 Å². The van der Waals surface area contributed by atoms with Gasteiger partial charge in [-0.05, 0) is 42.8 Å². The normalized spacial score (nSPS) is 10.4. The summed E-state index contributed by atoms with van der Waals surface area (Å²) in [6.45, 7) is 2.00. The second-order valence-corrected chi connectivity index (χ2v) is 5.35. The molecule has 0 unspecified atom stereocenters. The lowest BCUT2D eigenvalue weighted by Gasteiger charge is -2.13. The predicted octanol–water partition coefficient (Wildman–Crippen LogP) is 3.21. The molecule has 0 aliphatic rings. The zero-order valence-electron chi connectivity index (χ0n) is 15.1. The highest BCUT2D eigenvalue weighted by Crippen LogP contribution is 2.29. The topological polar surface area (TPSA) is 94.1 Å². The number of benzene rings is 2.